The zero-order valence-electron chi connectivity index (χ0n) is 17.6. The van der Waals surface area contributed by atoms with E-state index in [0.29, 0.717) is 30.9 Å². The van der Waals surface area contributed by atoms with Crippen LogP contribution in [0.5, 0.6) is 0 Å². The summed E-state index contributed by atoms with van der Waals surface area (Å²) < 4.78 is 4.47. The van der Waals surface area contributed by atoms with E-state index in [9.17, 15) is 9.59 Å². The number of hydrogen-bond donors (Lipinski definition) is 1. The lowest BCUT2D eigenvalue weighted by Gasteiger charge is -2.31. The fourth-order valence-corrected chi connectivity index (χ4v) is 4.63. The number of ether oxygens (including phenoxy) is 1. The number of amides is 1. The number of allylic oxidation sites excluding steroid dienone is 6. The van der Waals surface area contributed by atoms with E-state index >= 15 is 0 Å². The van der Waals surface area contributed by atoms with Crippen molar-refractivity contribution in [3.05, 3.63) is 83.5 Å². The van der Waals surface area contributed by atoms with Gasteiger partial charge in [-0.1, -0.05) is 74.1 Å². The van der Waals surface area contributed by atoms with E-state index in [2.05, 4.69) is 41.3 Å². The highest BCUT2D eigenvalue weighted by Crippen LogP contribution is 2.34. The molecule has 0 heterocycles. The summed E-state index contributed by atoms with van der Waals surface area (Å²) in [5.41, 5.74) is 2.17. The highest BCUT2D eigenvalue weighted by atomic mass is 16.5. The van der Waals surface area contributed by atoms with E-state index in [-0.39, 0.29) is 17.8 Å². The van der Waals surface area contributed by atoms with Gasteiger partial charge in [0.05, 0.1) is 0 Å². The van der Waals surface area contributed by atoms with Crippen LogP contribution in [0.2, 0.25) is 0 Å². The Morgan fingerprint density at radius 1 is 1.17 bits per heavy atom. The number of carbonyl (C=O) groups excluding carboxylic acids is 1. The molecule has 1 amide bonds. The Morgan fingerprint density at radius 2 is 1.93 bits per heavy atom. The van der Waals surface area contributed by atoms with E-state index in [0.717, 1.165) is 24.8 Å². The van der Waals surface area contributed by atoms with Crippen molar-refractivity contribution in [2.24, 2.45) is 11.8 Å². The number of aliphatic hydroxyl groups is 1. The Morgan fingerprint density at radius 3 is 2.70 bits per heavy atom. The molecule has 0 radical (unpaired) electrons. The summed E-state index contributed by atoms with van der Waals surface area (Å²) in [6, 6.07) is 9.87. The lowest BCUT2D eigenvalue weighted by atomic mass is 9.78. The van der Waals surface area contributed by atoms with Gasteiger partial charge in [-0.05, 0) is 43.3 Å². The second-order valence-electron chi connectivity index (χ2n) is 8.61. The number of benzene rings is 1. The maximum absolute atomic E-state index is 13.2. The summed E-state index contributed by atoms with van der Waals surface area (Å²) >= 11 is 0. The van der Waals surface area contributed by atoms with Gasteiger partial charge in [-0.15, -0.1) is 0 Å². The van der Waals surface area contributed by atoms with Gasteiger partial charge in [-0.25, -0.2) is 4.79 Å². The van der Waals surface area contributed by atoms with Gasteiger partial charge in [-0.2, -0.15) is 0 Å². The molecule has 2 atom stereocenters. The van der Waals surface area contributed by atoms with Gasteiger partial charge in [0.15, 0.2) is 0 Å². The number of carbonyl (C=O) groups is 1. The Hall–Kier alpha value is -2.88. The lowest BCUT2D eigenvalue weighted by molar-refractivity contribution is -0.119. The van der Waals surface area contributed by atoms with Crippen LogP contribution in [0.25, 0.3) is 0 Å². The minimum atomic E-state index is -0.771. The van der Waals surface area contributed by atoms with Crippen LogP contribution in [0.1, 0.15) is 44.6 Å². The summed E-state index contributed by atoms with van der Waals surface area (Å²) in [6.07, 6.45) is 16.8. The molecule has 4 rings (SSSR count). The molecule has 0 bridgehead atoms. The van der Waals surface area contributed by atoms with Crippen molar-refractivity contribution in [3.63, 3.8) is 0 Å². The molecule has 3 aliphatic carbocycles. The largest absolute Gasteiger partial charge is 0.649 e. The first kappa shape index (κ1) is 20.4. The molecule has 1 unspecified atom stereocenters. The average Bonchev–Trinajstić information content (AvgIpc) is 2.79. The van der Waals surface area contributed by atoms with Crippen molar-refractivity contribution in [2.75, 3.05) is 0 Å². The molecule has 1 saturated carbocycles. The van der Waals surface area contributed by atoms with Crippen LogP contribution >= 0.6 is 0 Å². The van der Waals surface area contributed by atoms with E-state index in [1.807, 2.05) is 42.5 Å². The quantitative estimate of drug-likeness (QED) is 0.577. The average molecular weight is 406 g/mol. The molecular weight excluding hydrogens is 374 g/mol. The zero-order chi connectivity index (χ0) is 21.0. The fourth-order valence-electron chi connectivity index (χ4n) is 4.63. The normalized spacial score (nSPS) is 24.3. The Bertz CT molecular complexity index is 917. The first-order valence-electron chi connectivity index (χ1n) is 11.0. The standard InChI is InChI=1S/C26H29NO3/c1-19-9-8-12-21-13-14-22(17-23(19)21)24(28)27-26(15-6-3-7-16-26)25(29)30-18-20-10-4-2-5-11-20/h2,4-5,8-14,17,19,23H,3,6-7,15-16,18H2,1H3,(H,27,28)/p+2/t19-,23?/m1/s1. The molecule has 4 nitrogen and oxygen atoms in total. The molecule has 4 heteroatoms. The summed E-state index contributed by atoms with van der Waals surface area (Å²) in [6.45, 7) is 2.58. The van der Waals surface area contributed by atoms with Crippen LogP contribution < -0.4 is 5.32 Å². The number of rotatable bonds is 5. The second-order valence-corrected chi connectivity index (χ2v) is 8.61. The first-order valence-corrected chi connectivity index (χ1v) is 11.0. The van der Waals surface area contributed by atoms with E-state index in [4.69, 9.17) is 0 Å². The minimum Gasteiger partial charge on any atom is -0.508 e. The van der Waals surface area contributed by atoms with Crippen LogP contribution in [-0.2, 0) is 11.4 Å². The number of hydrogen-bond acceptors (Lipinski definition) is 1. The van der Waals surface area contributed by atoms with Gasteiger partial charge in [0.2, 0.25) is 6.61 Å². The molecule has 30 heavy (non-hydrogen) atoms. The van der Waals surface area contributed by atoms with Gasteiger partial charge < -0.3 is 10.1 Å². The number of carboxylic acids is 1. The highest BCUT2D eigenvalue weighted by Gasteiger charge is 2.52. The maximum atomic E-state index is 13.2. The highest BCUT2D eigenvalue weighted by molar-refractivity contribution is 6.00. The monoisotopic (exact) mass is 405 g/mol. The van der Waals surface area contributed by atoms with Gasteiger partial charge >= 0.3 is 5.97 Å². The maximum Gasteiger partial charge on any atom is 0.649 e. The van der Waals surface area contributed by atoms with Crippen molar-refractivity contribution in [1.82, 2.24) is 5.32 Å². The van der Waals surface area contributed by atoms with Gasteiger partial charge in [0.25, 0.3) is 11.4 Å². The van der Waals surface area contributed by atoms with E-state index < -0.39 is 5.54 Å². The van der Waals surface area contributed by atoms with Crippen molar-refractivity contribution < 1.29 is 14.3 Å². The molecule has 0 spiro atoms. The lowest BCUT2D eigenvalue weighted by Crippen LogP contribution is -2.57. The fraction of sp³-hybridized carbons (Fsp3) is 0.385. The van der Waals surface area contributed by atoms with Crippen LogP contribution in [0.15, 0.2) is 77.9 Å². The Kier molecular flexibility index (Phi) is 6.03. The summed E-state index contributed by atoms with van der Waals surface area (Å²) in [5, 5.41) is 3.17. The van der Waals surface area contributed by atoms with Crippen molar-refractivity contribution in [3.8, 4) is 0 Å². The van der Waals surface area contributed by atoms with Gasteiger partial charge in [0.1, 0.15) is 0 Å². The van der Waals surface area contributed by atoms with Gasteiger partial charge in [0, 0.05) is 17.1 Å². The summed E-state index contributed by atoms with van der Waals surface area (Å²) in [5.74, 6) is 0.510. The van der Waals surface area contributed by atoms with E-state index in [1.165, 1.54) is 5.57 Å². The summed E-state index contributed by atoms with van der Waals surface area (Å²) in [4.78, 5) is 24.1. The Labute approximate surface area is 178 Å². The van der Waals surface area contributed by atoms with Crippen LogP contribution in [-0.4, -0.2) is 26.9 Å². The molecule has 3 N–H and O–H groups in total. The topological polar surface area (TPSA) is 63.3 Å². The molecule has 0 saturated heterocycles. The van der Waals surface area contributed by atoms with Crippen molar-refractivity contribution in [1.29, 1.82) is 0 Å². The SMILES string of the molecule is C[C@@H]1C=CC=C2C=CC(C(=O)NC3(C(=[OH+])[OH+]Cc4ccccc4)CCCCC3)=CC21. The van der Waals surface area contributed by atoms with Crippen molar-refractivity contribution in [2.45, 2.75) is 51.2 Å². The molecule has 156 valence electrons. The zero-order valence-corrected chi connectivity index (χ0v) is 17.6. The molecule has 0 aliphatic heterocycles. The van der Waals surface area contributed by atoms with Crippen LogP contribution in [0.4, 0.5) is 0 Å². The summed E-state index contributed by atoms with van der Waals surface area (Å²) in [7, 11) is 0. The second kappa shape index (κ2) is 8.86. The predicted molar refractivity (Wildman–Crippen MR) is 120 cm³/mol. The number of fused-ring (bicyclic) bond motifs is 1. The Balaban J connectivity index is 1.48. The van der Waals surface area contributed by atoms with Gasteiger partial charge in [-0.3, -0.25) is 4.79 Å². The predicted octanol–water partition coefficient (Wildman–Crippen LogP) is 4.28. The van der Waals surface area contributed by atoms with E-state index in [1.54, 1.807) is 0 Å². The number of aliphatic carboxylic acids is 1. The van der Waals surface area contributed by atoms with Crippen LogP contribution in [0.3, 0.4) is 0 Å². The molecule has 3 aliphatic rings. The molecule has 1 fully saturated rings. The van der Waals surface area contributed by atoms with Crippen LogP contribution in [0, 0.1) is 11.8 Å². The third-order valence-corrected chi connectivity index (χ3v) is 6.47. The minimum absolute atomic E-state index is 0.0503. The molecule has 1 aromatic rings. The molecule has 1 aromatic carbocycles. The van der Waals surface area contributed by atoms with Crippen molar-refractivity contribution >= 4 is 11.9 Å². The first-order chi connectivity index (χ1) is 14.6. The smallest absolute Gasteiger partial charge is 0.508 e. The molecule has 0 aromatic heterocycles. The number of nitrogens with one attached hydrogen (secondary N) is 1. The molecular formula is C26H31NO3+2. The third kappa shape index (κ3) is 4.33. The third-order valence-electron chi connectivity index (χ3n) is 6.47.